The molecular weight excluding hydrogens is 413 g/mol. The quantitative estimate of drug-likeness (QED) is 0.771. The topological polar surface area (TPSA) is 87.5 Å². The molecule has 2 aliphatic heterocycles. The van der Waals surface area contributed by atoms with Gasteiger partial charge in [-0.1, -0.05) is 0 Å². The first kappa shape index (κ1) is 21.9. The van der Waals surface area contributed by atoms with Crippen molar-refractivity contribution in [1.29, 1.82) is 0 Å². The van der Waals surface area contributed by atoms with Gasteiger partial charge in [0.15, 0.2) is 0 Å². The summed E-state index contributed by atoms with van der Waals surface area (Å²) >= 11 is 0. The van der Waals surface area contributed by atoms with E-state index in [1.807, 2.05) is 4.90 Å². The molecule has 1 aromatic heterocycles. The summed E-state index contributed by atoms with van der Waals surface area (Å²) in [5.74, 6) is -0.650. The number of aromatic nitrogens is 2. The van der Waals surface area contributed by atoms with Crippen LogP contribution in [-0.2, 0) is 4.79 Å². The van der Waals surface area contributed by atoms with Crippen LogP contribution in [-0.4, -0.2) is 70.2 Å². The van der Waals surface area contributed by atoms with Crippen LogP contribution in [0.25, 0.3) is 5.69 Å². The summed E-state index contributed by atoms with van der Waals surface area (Å²) in [6.07, 6.45) is 1.66. The maximum absolute atomic E-state index is 13.2. The fourth-order valence-electron chi connectivity index (χ4n) is 3.86. The van der Waals surface area contributed by atoms with Crippen molar-refractivity contribution in [3.05, 3.63) is 58.3 Å². The Morgan fingerprint density at radius 1 is 1.10 bits per heavy atom. The van der Waals surface area contributed by atoms with Crippen LogP contribution in [0.4, 0.5) is 4.39 Å². The third kappa shape index (κ3) is 4.52. The lowest BCUT2D eigenvalue weighted by Gasteiger charge is -2.41. The Morgan fingerprint density at radius 3 is 2.60 bits per heavy atom. The first-order valence-electron chi connectivity index (χ1n) is 9.69. The Labute approximate surface area is 179 Å². The number of nitrogens with zero attached hydrogens (tertiary/aromatic N) is 4. The smallest absolute Gasteiger partial charge is 0.274 e. The largest absolute Gasteiger partial charge is 0.336 e. The Balaban J connectivity index is 0.00000256. The van der Waals surface area contributed by atoms with Gasteiger partial charge in [-0.3, -0.25) is 14.4 Å². The van der Waals surface area contributed by atoms with E-state index >= 15 is 0 Å². The average Bonchev–Trinajstić information content (AvgIpc) is 2.75. The molecule has 0 spiro atoms. The zero-order valence-electron chi connectivity index (χ0n) is 16.3. The summed E-state index contributed by atoms with van der Waals surface area (Å²) in [6.45, 7) is 2.74. The summed E-state index contributed by atoms with van der Waals surface area (Å²) in [5.41, 5.74) is 0.117. The van der Waals surface area contributed by atoms with Crippen LogP contribution in [0.5, 0.6) is 0 Å². The van der Waals surface area contributed by atoms with Crippen LogP contribution in [0, 0.1) is 5.82 Å². The van der Waals surface area contributed by atoms with Crippen molar-refractivity contribution in [1.82, 2.24) is 24.9 Å². The summed E-state index contributed by atoms with van der Waals surface area (Å²) in [7, 11) is 0. The van der Waals surface area contributed by atoms with Crippen molar-refractivity contribution in [3.8, 4) is 5.69 Å². The van der Waals surface area contributed by atoms with Gasteiger partial charge in [0.1, 0.15) is 11.5 Å². The molecule has 0 aliphatic carbocycles. The fraction of sp³-hybridized carbons (Fsp3) is 0.400. The second-order valence-corrected chi connectivity index (χ2v) is 7.26. The minimum Gasteiger partial charge on any atom is -0.336 e. The highest BCUT2D eigenvalue weighted by Gasteiger charge is 2.32. The minimum atomic E-state index is -0.421. The highest BCUT2D eigenvalue weighted by atomic mass is 35.5. The molecule has 1 unspecified atom stereocenters. The maximum Gasteiger partial charge on any atom is 0.274 e. The SMILES string of the molecule is Cl.O=C(c1ccc(=O)n(-c2ccc(F)cc2)n1)N1CCCC(N2CCNCC2=O)C1. The summed E-state index contributed by atoms with van der Waals surface area (Å²) in [4.78, 5) is 40.9. The van der Waals surface area contributed by atoms with Crippen molar-refractivity contribution in [2.75, 3.05) is 32.7 Å². The molecule has 30 heavy (non-hydrogen) atoms. The van der Waals surface area contributed by atoms with Gasteiger partial charge in [-0.2, -0.15) is 9.78 Å². The summed E-state index contributed by atoms with van der Waals surface area (Å²) < 4.78 is 14.3. The van der Waals surface area contributed by atoms with Crippen molar-refractivity contribution >= 4 is 24.2 Å². The normalized spacial score (nSPS) is 19.4. The van der Waals surface area contributed by atoms with Gasteiger partial charge in [0.05, 0.1) is 12.2 Å². The van der Waals surface area contributed by atoms with Crippen molar-refractivity contribution in [2.45, 2.75) is 18.9 Å². The molecule has 10 heteroatoms. The van der Waals surface area contributed by atoms with Crippen molar-refractivity contribution in [3.63, 3.8) is 0 Å². The number of hydrogen-bond donors (Lipinski definition) is 1. The molecule has 0 radical (unpaired) electrons. The lowest BCUT2D eigenvalue weighted by atomic mass is 10.0. The molecule has 1 N–H and O–H groups in total. The Kier molecular flexibility index (Phi) is 6.84. The molecule has 8 nitrogen and oxygen atoms in total. The molecule has 2 fully saturated rings. The van der Waals surface area contributed by atoms with Gasteiger partial charge < -0.3 is 15.1 Å². The number of carbonyl (C=O) groups is 2. The summed E-state index contributed by atoms with van der Waals surface area (Å²) in [6, 6.07) is 8.02. The molecule has 0 bridgehead atoms. The number of piperazine rings is 1. The average molecular weight is 436 g/mol. The second kappa shape index (κ2) is 9.36. The van der Waals surface area contributed by atoms with E-state index in [0.29, 0.717) is 31.9 Å². The molecule has 3 heterocycles. The molecule has 2 amide bonds. The predicted octanol–water partition coefficient (Wildman–Crippen LogP) is 0.830. The first-order valence-corrected chi connectivity index (χ1v) is 9.69. The third-order valence-corrected chi connectivity index (χ3v) is 5.34. The minimum absolute atomic E-state index is 0. The molecule has 1 aromatic carbocycles. The number of rotatable bonds is 3. The number of amides is 2. The van der Waals surface area contributed by atoms with E-state index in [-0.39, 0.29) is 36.0 Å². The number of carbonyl (C=O) groups excluding carboxylic acids is 2. The molecule has 0 saturated carbocycles. The Bertz CT molecular complexity index is 981. The highest BCUT2D eigenvalue weighted by molar-refractivity contribution is 5.92. The van der Waals surface area contributed by atoms with Gasteiger partial charge in [0.25, 0.3) is 11.5 Å². The molecule has 4 rings (SSSR count). The zero-order valence-corrected chi connectivity index (χ0v) is 17.1. The van der Waals surface area contributed by atoms with Crippen LogP contribution >= 0.6 is 12.4 Å². The van der Waals surface area contributed by atoms with E-state index < -0.39 is 11.4 Å². The van der Waals surface area contributed by atoms with Crippen LogP contribution < -0.4 is 10.9 Å². The van der Waals surface area contributed by atoms with Crippen molar-refractivity contribution in [2.24, 2.45) is 0 Å². The van der Waals surface area contributed by atoms with Gasteiger partial charge in [-0.05, 0) is 43.2 Å². The standard InChI is InChI=1S/C20H22FN5O3.ClH/c21-14-3-5-15(6-4-14)26-18(27)8-7-17(23-26)20(29)24-10-1-2-16(13-24)25-11-9-22-12-19(25)28;/h3-8,16,22H,1-2,9-13H2;1H. The maximum atomic E-state index is 13.2. The third-order valence-electron chi connectivity index (χ3n) is 5.34. The van der Waals surface area contributed by atoms with Crippen LogP contribution in [0.15, 0.2) is 41.2 Å². The van der Waals surface area contributed by atoms with E-state index in [0.717, 1.165) is 24.1 Å². The Hall–Kier alpha value is -2.78. The van der Waals surface area contributed by atoms with Gasteiger partial charge >= 0.3 is 0 Å². The molecule has 2 aliphatic rings. The van der Waals surface area contributed by atoms with Crippen LogP contribution in [0.3, 0.4) is 0 Å². The van der Waals surface area contributed by atoms with E-state index in [9.17, 15) is 18.8 Å². The molecule has 2 saturated heterocycles. The number of piperidine rings is 1. The van der Waals surface area contributed by atoms with E-state index in [4.69, 9.17) is 0 Å². The molecular formula is C20H23ClFN5O3. The predicted molar refractivity (Wildman–Crippen MR) is 111 cm³/mol. The number of benzene rings is 1. The van der Waals surface area contributed by atoms with Gasteiger partial charge in [-0.15, -0.1) is 12.4 Å². The lowest BCUT2D eigenvalue weighted by molar-refractivity contribution is -0.135. The number of likely N-dealkylation sites (tertiary alicyclic amines) is 1. The monoisotopic (exact) mass is 435 g/mol. The molecule has 160 valence electrons. The zero-order chi connectivity index (χ0) is 20.4. The summed E-state index contributed by atoms with van der Waals surface area (Å²) in [5, 5.41) is 7.26. The number of halogens is 2. The van der Waals surface area contributed by atoms with Crippen LogP contribution in [0.2, 0.25) is 0 Å². The highest BCUT2D eigenvalue weighted by Crippen LogP contribution is 2.18. The Morgan fingerprint density at radius 2 is 1.87 bits per heavy atom. The van der Waals surface area contributed by atoms with Gasteiger partial charge in [-0.25, -0.2) is 4.39 Å². The molecule has 1 atom stereocenters. The van der Waals surface area contributed by atoms with Gasteiger partial charge in [0.2, 0.25) is 5.91 Å². The lowest BCUT2D eigenvalue weighted by Crippen LogP contribution is -2.57. The van der Waals surface area contributed by atoms with Crippen LogP contribution in [0.1, 0.15) is 23.3 Å². The number of hydrogen-bond acceptors (Lipinski definition) is 5. The first-order chi connectivity index (χ1) is 14.0. The second-order valence-electron chi connectivity index (χ2n) is 7.26. The fourth-order valence-corrected chi connectivity index (χ4v) is 3.86. The van der Waals surface area contributed by atoms with E-state index in [2.05, 4.69) is 10.4 Å². The molecule has 2 aromatic rings. The van der Waals surface area contributed by atoms with Crippen molar-refractivity contribution < 1.29 is 14.0 Å². The number of nitrogens with one attached hydrogen (secondary N) is 1. The van der Waals surface area contributed by atoms with E-state index in [1.54, 1.807) is 4.90 Å². The van der Waals surface area contributed by atoms with E-state index in [1.165, 1.54) is 36.4 Å². The van der Waals surface area contributed by atoms with Gasteiger partial charge in [0, 0.05) is 38.3 Å².